The molecule has 2 rings (SSSR count). The maximum Gasteiger partial charge on any atom is 0.326 e. The number of hydrogen-bond donors (Lipinski definition) is 3. The molecule has 0 saturated carbocycles. The van der Waals surface area contributed by atoms with E-state index >= 15 is 0 Å². The van der Waals surface area contributed by atoms with Crippen LogP contribution in [0.25, 0.3) is 10.4 Å². The Bertz CT molecular complexity index is 1240. The number of benzene rings is 2. The lowest BCUT2D eigenvalue weighted by molar-refractivity contribution is -0.142. The van der Waals surface area contributed by atoms with E-state index in [-0.39, 0.29) is 37.1 Å². The van der Waals surface area contributed by atoms with Gasteiger partial charge in [0.05, 0.1) is 24.7 Å². The zero-order valence-electron chi connectivity index (χ0n) is 22.1. The van der Waals surface area contributed by atoms with E-state index in [0.717, 1.165) is 11.1 Å². The highest BCUT2D eigenvalue weighted by Crippen LogP contribution is 2.18. The van der Waals surface area contributed by atoms with Gasteiger partial charge in [-0.15, -0.1) is 0 Å². The average molecular weight is 563 g/mol. The molecule has 0 aliphatic rings. The summed E-state index contributed by atoms with van der Waals surface area (Å²) in [5, 5.41) is 25.0. The standard InChI is InChI=1S/C26H34N4O8S/c1-17(2)24(29-30-27)25(32)28-23(26(33)34)13-8-19-6-9-21(10-7-19)37-15-20(14-31)16-38-39(35,36)22-11-4-18(3)5-12-22/h4-7,9-12,17,20,23-24,31H,8,13-16H2,1-3H3,(H,28,32)(H,33,34)/t20?,23?,24-/m0/s1. The maximum atomic E-state index is 12.4. The first-order chi connectivity index (χ1) is 18.5. The van der Waals surface area contributed by atoms with E-state index in [4.69, 9.17) is 14.5 Å². The van der Waals surface area contributed by atoms with Crippen LogP contribution in [0.15, 0.2) is 58.5 Å². The quantitative estimate of drug-likeness (QED) is 0.120. The number of aliphatic hydroxyl groups excluding tert-OH is 1. The van der Waals surface area contributed by atoms with Gasteiger partial charge in [-0.25, -0.2) is 4.79 Å². The number of aliphatic carboxylic acids is 1. The van der Waals surface area contributed by atoms with E-state index in [0.29, 0.717) is 12.2 Å². The summed E-state index contributed by atoms with van der Waals surface area (Å²) < 4.78 is 35.5. The van der Waals surface area contributed by atoms with Crippen LogP contribution in [0.4, 0.5) is 0 Å². The van der Waals surface area contributed by atoms with Gasteiger partial charge in [-0.2, -0.15) is 8.42 Å². The molecule has 0 radical (unpaired) electrons. The van der Waals surface area contributed by atoms with Gasteiger partial charge in [0.15, 0.2) is 0 Å². The molecule has 0 aromatic heterocycles. The van der Waals surface area contributed by atoms with Crippen molar-refractivity contribution < 1.29 is 37.1 Å². The van der Waals surface area contributed by atoms with Crippen LogP contribution in [0.2, 0.25) is 0 Å². The lowest BCUT2D eigenvalue weighted by Gasteiger charge is -2.19. The van der Waals surface area contributed by atoms with Gasteiger partial charge in [-0.05, 0) is 61.0 Å². The molecular weight excluding hydrogens is 528 g/mol. The van der Waals surface area contributed by atoms with Gasteiger partial charge in [-0.1, -0.05) is 48.8 Å². The zero-order valence-corrected chi connectivity index (χ0v) is 22.9. The number of carboxylic acids is 1. The number of azide groups is 1. The molecule has 2 aromatic carbocycles. The highest BCUT2D eigenvalue weighted by atomic mass is 32.2. The van der Waals surface area contributed by atoms with Gasteiger partial charge in [0, 0.05) is 10.8 Å². The summed E-state index contributed by atoms with van der Waals surface area (Å²) >= 11 is 0. The minimum atomic E-state index is -3.97. The summed E-state index contributed by atoms with van der Waals surface area (Å²) in [6, 6.07) is 10.9. The topological polar surface area (TPSA) is 188 Å². The number of hydrogen-bond acceptors (Lipinski definition) is 8. The number of nitrogens with zero attached hydrogens (tertiary/aromatic N) is 3. The molecule has 2 unspecified atom stereocenters. The second kappa shape index (κ2) is 15.1. The second-order valence-electron chi connectivity index (χ2n) is 9.39. The minimum absolute atomic E-state index is 0.00851. The molecule has 0 aliphatic carbocycles. The van der Waals surface area contributed by atoms with Crippen molar-refractivity contribution in [3.8, 4) is 5.75 Å². The Kier molecular flexibility index (Phi) is 12.2. The fourth-order valence-electron chi connectivity index (χ4n) is 3.45. The van der Waals surface area contributed by atoms with Crippen molar-refractivity contribution in [1.29, 1.82) is 0 Å². The molecule has 0 spiro atoms. The summed E-state index contributed by atoms with van der Waals surface area (Å²) in [5.74, 6) is -2.26. The molecule has 3 atom stereocenters. The van der Waals surface area contributed by atoms with Gasteiger partial charge < -0.3 is 20.3 Å². The fourth-order valence-corrected chi connectivity index (χ4v) is 4.43. The van der Waals surface area contributed by atoms with Crippen molar-refractivity contribution in [2.24, 2.45) is 17.0 Å². The van der Waals surface area contributed by atoms with Crippen LogP contribution in [0.3, 0.4) is 0 Å². The SMILES string of the molecule is Cc1ccc(S(=O)(=O)OCC(CO)COc2ccc(CCC(NC(=O)[C@@H](N=[N+]=[N-])C(C)C)C(=O)O)cc2)cc1. The largest absolute Gasteiger partial charge is 0.493 e. The number of aliphatic hydroxyl groups is 1. The van der Waals surface area contributed by atoms with Gasteiger partial charge >= 0.3 is 5.97 Å². The molecule has 3 N–H and O–H groups in total. The third-order valence-corrected chi connectivity index (χ3v) is 7.14. The van der Waals surface area contributed by atoms with E-state index in [9.17, 15) is 28.2 Å². The number of nitrogens with one attached hydrogen (secondary N) is 1. The van der Waals surface area contributed by atoms with Crippen molar-refractivity contribution >= 4 is 22.0 Å². The third kappa shape index (κ3) is 10.2. The molecule has 39 heavy (non-hydrogen) atoms. The Balaban J connectivity index is 1.88. The number of ether oxygens (including phenoxy) is 1. The van der Waals surface area contributed by atoms with Gasteiger partial charge in [-0.3, -0.25) is 8.98 Å². The van der Waals surface area contributed by atoms with Gasteiger partial charge in [0.25, 0.3) is 10.1 Å². The van der Waals surface area contributed by atoms with Crippen LogP contribution < -0.4 is 10.1 Å². The summed E-state index contributed by atoms with van der Waals surface area (Å²) in [6.07, 6.45) is 0.455. The summed E-state index contributed by atoms with van der Waals surface area (Å²) in [4.78, 5) is 26.7. The van der Waals surface area contributed by atoms with Crippen LogP contribution in [0.1, 0.15) is 31.4 Å². The highest BCUT2D eigenvalue weighted by molar-refractivity contribution is 7.86. The van der Waals surface area contributed by atoms with Crippen molar-refractivity contribution in [2.45, 2.75) is 50.6 Å². The molecule has 0 bridgehead atoms. The average Bonchev–Trinajstić information content (AvgIpc) is 2.90. The third-order valence-electron chi connectivity index (χ3n) is 5.85. The summed E-state index contributed by atoms with van der Waals surface area (Å²) in [7, 11) is -3.97. The van der Waals surface area contributed by atoms with Crippen molar-refractivity contribution in [3.05, 3.63) is 70.1 Å². The Labute approximate surface area is 227 Å². The summed E-state index contributed by atoms with van der Waals surface area (Å²) in [5.41, 5.74) is 10.4. The molecular formula is C26H34N4O8S. The van der Waals surface area contributed by atoms with E-state index in [1.165, 1.54) is 12.1 Å². The molecule has 0 aliphatic heterocycles. The number of amides is 1. The highest BCUT2D eigenvalue weighted by Gasteiger charge is 2.26. The van der Waals surface area contributed by atoms with E-state index in [1.807, 2.05) is 6.92 Å². The molecule has 2 aromatic rings. The molecule has 0 saturated heterocycles. The van der Waals surface area contributed by atoms with E-state index < -0.39 is 40.0 Å². The predicted octanol–water partition coefficient (Wildman–Crippen LogP) is 3.22. The smallest absolute Gasteiger partial charge is 0.326 e. The Hall–Kier alpha value is -3.64. The first-order valence-electron chi connectivity index (χ1n) is 12.3. The molecule has 1 amide bonds. The van der Waals surface area contributed by atoms with Crippen molar-refractivity contribution in [1.82, 2.24) is 5.32 Å². The van der Waals surface area contributed by atoms with Gasteiger partial charge in [0.1, 0.15) is 17.8 Å². The van der Waals surface area contributed by atoms with Crippen molar-refractivity contribution in [2.75, 3.05) is 19.8 Å². The number of rotatable bonds is 16. The zero-order chi connectivity index (χ0) is 29.0. The summed E-state index contributed by atoms with van der Waals surface area (Å²) in [6.45, 7) is 4.64. The monoisotopic (exact) mass is 562 g/mol. The first kappa shape index (κ1) is 31.6. The molecule has 0 heterocycles. The van der Waals surface area contributed by atoms with E-state index in [2.05, 4.69) is 15.3 Å². The minimum Gasteiger partial charge on any atom is -0.493 e. The molecule has 13 heteroatoms. The van der Waals surface area contributed by atoms with Crippen LogP contribution in [-0.2, 0) is 30.3 Å². The van der Waals surface area contributed by atoms with Crippen molar-refractivity contribution in [3.63, 3.8) is 0 Å². The predicted molar refractivity (Wildman–Crippen MR) is 142 cm³/mol. The van der Waals surface area contributed by atoms with Gasteiger partial charge in [0.2, 0.25) is 5.91 Å². The molecule has 212 valence electrons. The van der Waals surface area contributed by atoms with Crippen LogP contribution in [0, 0.1) is 18.8 Å². The number of aryl methyl sites for hydroxylation is 2. The lowest BCUT2D eigenvalue weighted by atomic mass is 10.0. The Morgan fingerprint density at radius 3 is 2.26 bits per heavy atom. The van der Waals surface area contributed by atoms with Crippen LogP contribution in [0.5, 0.6) is 5.75 Å². The number of carboxylic acid groups (broad SMARTS) is 1. The molecule has 12 nitrogen and oxygen atoms in total. The number of carbonyl (C=O) groups is 2. The second-order valence-corrected chi connectivity index (χ2v) is 11.0. The first-order valence-corrected chi connectivity index (χ1v) is 13.7. The van der Waals surface area contributed by atoms with Crippen LogP contribution in [-0.4, -0.2) is 62.4 Å². The maximum absolute atomic E-state index is 12.4. The Morgan fingerprint density at radius 1 is 1.08 bits per heavy atom. The number of carbonyl (C=O) groups excluding carboxylic acids is 1. The molecule has 0 fully saturated rings. The normalized spacial score (nSPS) is 13.7. The Morgan fingerprint density at radius 2 is 1.72 bits per heavy atom. The van der Waals surface area contributed by atoms with Crippen LogP contribution >= 0.6 is 0 Å². The fraction of sp³-hybridized carbons (Fsp3) is 0.462. The van der Waals surface area contributed by atoms with E-state index in [1.54, 1.807) is 50.2 Å². The lowest BCUT2D eigenvalue weighted by Crippen LogP contribution is -2.46.